The molecule has 2 aromatic rings. The normalized spacial score (nSPS) is 10.1. The third-order valence-electron chi connectivity index (χ3n) is 3.53. The zero-order valence-corrected chi connectivity index (χ0v) is 14.4. The van der Waals surface area contributed by atoms with Gasteiger partial charge in [0.1, 0.15) is 11.5 Å². The van der Waals surface area contributed by atoms with Crippen molar-refractivity contribution in [3.05, 3.63) is 52.1 Å². The summed E-state index contributed by atoms with van der Waals surface area (Å²) in [5, 5.41) is 13.7. The second kappa shape index (κ2) is 7.52. The van der Waals surface area contributed by atoms with Gasteiger partial charge in [-0.25, -0.2) is 0 Å². The lowest BCUT2D eigenvalue weighted by Crippen LogP contribution is -2.19. The number of non-ortho nitro benzene ring substituents is 1. The minimum absolute atomic E-state index is 0.154. The van der Waals surface area contributed by atoms with E-state index in [4.69, 9.17) is 9.47 Å². The van der Waals surface area contributed by atoms with Crippen LogP contribution in [0.25, 0.3) is 0 Å². The molecule has 0 fully saturated rings. The Hall–Kier alpha value is -3.29. The average Bonchev–Trinajstić information content (AvgIpc) is 2.60. The first-order chi connectivity index (χ1) is 11.8. The summed E-state index contributed by atoms with van der Waals surface area (Å²) < 4.78 is 10.3. The monoisotopic (exact) mass is 345 g/mol. The van der Waals surface area contributed by atoms with E-state index in [0.29, 0.717) is 22.9 Å². The van der Waals surface area contributed by atoms with Gasteiger partial charge >= 0.3 is 0 Å². The molecule has 2 aromatic carbocycles. The highest BCUT2D eigenvalue weighted by Gasteiger charge is 2.18. The molecule has 132 valence electrons. The number of benzene rings is 2. The van der Waals surface area contributed by atoms with Crippen molar-refractivity contribution in [2.45, 2.75) is 0 Å². The molecular formula is C17H19N3O5. The molecule has 0 aliphatic carbocycles. The summed E-state index contributed by atoms with van der Waals surface area (Å²) in [5.41, 5.74) is 1.07. The van der Waals surface area contributed by atoms with E-state index in [2.05, 4.69) is 5.32 Å². The molecule has 0 saturated heterocycles. The SMILES string of the molecule is COc1cc(NC(=O)c2cc([N+](=O)[O-])ccc2N(C)C)cc(OC)c1. The number of nitro benzene ring substituents is 1. The second-order valence-corrected chi connectivity index (χ2v) is 5.41. The van der Waals surface area contributed by atoms with Crippen molar-refractivity contribution in [2.24, 2.45) is 0 Å². The van der Waals surface area contributed by atoms with E-state index in [9.17, 15) is 14.9 Å². The number of nitro groups is 1. The van der Waals surface area contributed by atoms with Crippen LogP contribution in [0.2, 0.25) is 0 Å². The van der Waals surface area contributed by atoms with E-state index in [1.165, 1.54) is 26.4 Å². The number of hydrogen-bond acceptors (Lipinski definition) is 6. The highest BCUT2D eigenvalue weighted by Crippen LogP contribution is 2.28. The molecule has 1 N–H and O–H groups in total. The number of anilines is 2. The van der Waals surface area contributed by atoms with Gasteiger partial charge in [0.15, 0.2) is 0 Å². The Morgan fingerprint density at radius 1 is 1.08 bits per heavy atom. The van der Waals surface area contributed by atoms with Gasteiger partial charge in [-0.3, -0.25) is 14.9 Å². The van der Waals surface area contributed by atoms with Gasteiger partial charge in [0.25, 0.3) is 11.6 Å². The van der Waals surface area contributed by atoms with Gasteiger partial charge in [-0.15, -0.1) is 0 Å². The maximum absolute atomic E-state index is 12.7. The van der Waals surface area contributed by atoms with Crippen molar-refractivity contribution in [2.75, 3.05) is 38.5 Å². The predicted octanol–water partition coefficient (Wildman–Crippen LogP) is 2.93. The zero-order valence-electron chi connectivity index (χ0n) is 14.4. The number of nitrogens with zero attached hydrogens (tertiary/aromatic N) is 2. The summed E-state index contributed by atoms with van der Waals surface area (Å²) in [6.07, 6.45) is 0. The van der Waals surface area contributed by atoms with Crippen LogP contribution in [0.15, 0.2) is 36.4 Å². The van der Waals surface area contributed by atoms with E-state index >= 15 is 0 Å². The van der Waals surface area contributed by atoms with Crippen LogP contribution in [-0.2, 0) is 0 Å². The van der Waals surface area contributed by atoms with Crippen molar-refractivity contribution in [3.8, 4) is 11.5 Å². The maximum atomic E-state index is 12.7. The van der Waals surface area contributed by atoms with E-state index in [1.54, 1.807) is 43.3 Å². The number of carbonyl (C=O) groups is 1. The molecule has 0 heterocycles. The average molecular weight is 345 g/mol. The Morgan fingerprint density at radius 2 is 1.68 bits per heavy atom. The Morgan fingerprint density at radius 3 is 2.16 bits per heavy atom. The van der Waals surface area contributed by atoms with E-state index in [1.807, 2.05) is 0 Å². The Kier molecular flexibility index (Phi) is 5.43. The van der Waals surface area contributed by atoms with Crippen LogP contribution in [0.5, 0.6) is 11.5 Å². The molecule has 0 aliphatic heterocycles. The second-order valence-electron chi connectivity index (χ2n) is 5.41. The molecule has 0 unspecified atom stereocenters. The number of carbonyl (C=O) groups excluding carboxylic acids is 1. The van der Waals surface area contributed by atoms with Crippen LogP contribution in [0.4, 0.5) is 17.1 Å². The molecule has 0 bridgehead atoms. The third-order valence-corrected chi connectivity index (χ3v) is 3.53. The first-order valence-electron chi connectivity index (χ1n) is 7.36. The van der Waals surface area contributed by atoms with Crippen LogP contribution in [0, 0.1) is 10.1 Å². The molecule has 0 aromatic heterocycles. The topological polar surface area (TPSA) is 93.9 Å². The van der Waals surface area contributed by atoms with Crippen LogP contribution >= 0.6 is 0 Å². The first-order valence-corrected chi connectivity index (χ1v) is 7.36. The molecule has 0 aliphatic rings. The quantitative estimate of drug-likeness (QED) is 0.639. The summed E-state index contributed by atoms with van der Waals surface area (Å²) in [4.78, 5) is 24.9. The number of nitrogens with one attached hydrogen (secondary N) is 1. The van der Waals surface area contributed by atoms with Crippen LogP contribution in [-0.4, -0.2) is 39.1 Å². The minimum atomic E-state index is -0.537. The summed E-state index contributed by atoms with van der Waals surface area (Å²) >= 11 is 0. The van der Waals surface area contributed by atoms with Crippen molar-refractivity contribution in [1.29, 1.82) is 0 Å². The van der Waals surface area contributed by atoms with Gasteiger partial charge in [-0.1, -0.05) is 0 Å². The molecule has 8 heteroatoms. The van der Waals surface area contributed by atoms with Gasteiger partial charge in [0.05, 0.1) is 24.7 Å². The molecular weight excluding hydrogens is 326 g/mol. The van der Waals surface area contributed by atoms with Crippen molar-refractivity contribution >= 4 is 23.0 Å². The summed E-state index contributed by atoms with van der Waals surface area (Å²) in [5.74, 6) is 0.561. The number of hydrogen-bond donors (Lipinski definition) is 1. The summed E-state index contributed by atoms with van der Waals surface area (Å²) in [6, 6.07) is 9.09. The zero-order chi connectivity index (χ0) is 18.6. The summed E-state index contributed by atoms with van der Waals surface area (Å²) in [6.45, 7) is 0. The highest BCUT2D eigenvalue weighted by molar-refractivity contribution is 6.08. The smallest absolute Gasteiger partial charge is 0.270 e. The van der Waals surface area contributed by atoms with Crippen molar-refractivity contribution in [3.63, 3.8) is 0 Å². The third kappa shape index (κ3) is 4.17. The number of amides is 1. The van der Waals surface area contributed by atoms with Gasteiger partial charge < -0.3 is 19.7 Å². The Bertz CT molecular complexity index is 783. The van der Waals surface area contributed by atoms with Crippen LogP contribution < -0.4 is 19.7 Å². The number of methoxy groups -OCH3 is 2. The largest absolute Gasteiger partial charge is 0.497 e. The van der Waals surface area contributed by atoms with Gasteiger partial charge in [-0.05, 0) is 6.07 Å². The summed E-state index contributed by atoms with van der Waals surface area (Å²) in [7, 11) is 6.52. The number of ether oxygens (including phenoxy) is 2. The number of rotatable bonds is 6. The lowest BCUT2D eigenvalue weighted by atomic mass is 10.1. The van der Waals surface area contributed by atoms with E-state index in [-0.39, 0.29) is 11.3 Å². The molecule has 0 saturated carbocycles. The van der Waals surface area contributed by atoms with Gasteiger partial charge in [0.2, 0.25) is 0 Å². The van der Waals surface area contributed by atoms with Gasteiger partial charge in [0, 0.05) is 55.8 Å². The lowest BCUT2D eigenvalue weighted by Gasteiger charge is -2.17. The predicted molar refractivity (Wildman–Crippen MR) is 94.9 cm³/mol. The first kappa shape index (κ1) is 18.1. The molecule has 1 amide bonds. The van der Waals surface area contributed by atoms with Gasteiger partial charge in [-0.2, -0.15) is 0 Å². The maximum Gasteiger partial charge on any atom is 0.270 e. The Balaban J connectivity index is 2.40. The fraction of sp³-hybridized carbons (Fsp3) is 0.235. The molecule has 0 atom stereocenters. The van der Waals surface area contributed by atoms with Crippen molar-refractivity contribution in [1.82, 2.24) is 0 Å². The molecule has 0 radical (unpaired) electrons. The minimum Gasteiger partial charge on any atom is -0.497 e. The highest BCUT2D eigenvalue weighted by atomic mass is 16.6. The van der Waals surface area contributed by atoms with E-state index in [0.717, 1.165) is 0 Å². The molecule has 2 rings (SSSR count). The Labute approximate surface area is 145 Å². The van der Waals surface area contributed by atoms with Crippen LogP contribution in [0.1, 0.15) is 10.4 Å². The van der Waals surface area contributed by atoms with E-state index < -0.39 is 10.8 Å². The van der Waals surface area contributed by atoms with Crippen molar-refractivity contribution < 1.29 is 19.2 Å². The molecule has 25 heavy (non-hydrogen) atoms. The lowest BCUT2D eigenvalue weighted by molar-refractivity contribution is -0.384. The fourth-order valence-corrected chi connectivity index (χ4v) is 2.29. The molecule has 8 nitrogen and oxygen atoms in total. The standard InChI is InChI=1S/C17H19N3O5/c1-19(2)16-6-5-12(20(22)23)9-15(16)17(21)18-11-7-13(24-3)10-14(8-11)25-4/h5-10H,1-4H3,(H,18,21). The fourth-order valence-electron chi connectivity index (χ4n) is 2.29. The van der Waals surface area contributed by atoms with Crippen LogP contribution in [0.3, 0.4) is 0 Å². The molecule has 0 spiro atoms.